The van der Waals surface area contributed by atoms with E-state index in [0.29, 0.717) is 0 Å². The van der Waals surface area contributed by atoms with Crippen LogP contribution in [0.5, 0.6) is 0 Å². The lowest BCUT2D eigenvalue weighted by Gasteiger charge is -2.18. The SMILES string of the molecule is N=C(N)SC1c2ccccc2CSc2ccccc21. The van der Waals surface area contributed by atoms with Crippen LogP contribution in [0.2, 0.25) is 0 Å². The molecule has 0 radical (unpaired) electrons. The van der Waals surface area contributed by atoms with Crippen LogP contribution in [0.1, 0.15) is 21.9 Å². The van der Waals surface area contributed by atoms with Gasteiger partial charge in [0.2, 0.25) is 0 Å². The Morgan fingerprint density at radius 1 is 1.11 bits per heavy atom. The van der Waals surface area contributed by atoms with Gasteiger partial charge in [-0.1, -0.05) is 54.2 Å². The molecule has 3 N–H and O–H groups in total. The highest BCUT2D eigenvalue weighted by Crippen LogP contribution is 2.45. The molecule has 0 amide bonds. The Morgan fingerprint density at radius 2 is 1.79 bits per heavy atom. The molecule has 0 spiro atoms. The third-order valence-corrected chi connectivity index (χ3v) is 5.30. The number of benzene rings is 2. The van der Waals surface area contributed by atoms with E-state index < -0.39 is 0 Å². The lowest BCUT2D eigenvalue weighted by Crippen LogP contribution is -2.09. The molecule has 4 heteroatoms. The van der Waals surface area contributed by atoms with Crippen molar-refractivity contribution < 1.29 is 0 Å². The van der Waals surface area contributed by atoms with Crippen LogP contribution in [-0.4, -0.2) is 5.17 Å². The smallest absolute Gasteiger partial charge is 0.151 e. The van der Waals surface area contributed by atoms with Gasteiger partial charge < -0.3 is 5.73 Å². The van der Waals surface area contributed by atoms with Gasteiger partial charge in [-0.3, -0.25) is 5.41 Å². The van der Waals surface area contributed by atoms with Gasteiger partial charge >= 0.3 is 0 Å². The highest BCUT2D eigenvalue weighted by atomic mass is 32.2. The van der Waals surface area contributed by atoms with Gasteiger partial charge in [0.1, 0.15) is 0 Å². The maximum absolute atomic E-state index is 7.62. The van der Waals surface area contributed by atoms with Gasteiger partial charge in [0, 0.05) is 10.6 Å². The van der Waals surface area contributed by atoms with Gasteiger partial charge in [0.05, 0.1) is 5.25 Å². The molecule has 1 atom stereocenters. The number of rotatable bonds is 1. The lowest BCUT2D eigenvalue weighted by atomic mass is 10.0. The first-order valence-electron chi connectivity index (χ1n) is 6.06. The van der Waals surface area contributed by atoms with Crippen LogP contribution in [0.25, 0.3) is 0 Å². The summed E-state index contributed by atoms with van der Waals surface area (Å²) in [6.07, 6.45) is 0. The van der Waals surface area contributed by atoms with Crippen LogP contribution in [0.3, 0.4) is 0 Å². The summed E-state index contributed by atoms with van der Waals surface area (Å²) in [4.78, 5) is 1.29. The second-order valence-electron chi connectivity index (χ2n) is 4.39. The zero-order valence-corrected chi connectivity index (χ0v) is 11.9. The molecule has 2 aromatic carbocycles. The van der Waals surface area contributed by atoms with Gasteiger partial charge in [0.25, 0.3) is 0 Å². The zero-order chi connectivity index (χ0) is 13.2. The van der Waals surface area contributed by atoms with Crippen molar-refractivity contribution in [3.8, 4) is 0 Å². The molecule has 3 rings (SSSR count). The van der Waals surface area contributed by atoms with Crippen molar-refractivity contribution in [1.29, 1.82) is 5.41 Å². The molecule has 1 heterocycles. The fourth-order valence-corrected chi connectivity index (χ4v) is 4.45. The number of amidine groups is 1. The average Bonchev–Trinajstić information content (AvgIpc) is 2.57. The fourth-order valence-electron chi connectivity index (χ4n) is 2.33. The predicted molar refractivity (Wildman–Crippen MR) is 83.8 cm³/mol. The Bertz CT molecular complexity index is 578. The van der Waals surface area contributed by atoms with E-state index in [-0.39, 0.29) is 10.4 Å². The molecule has 0 aromatic heterocycles. The van der Waals surface area contributed by atoms with E-state index >= 15 is 0 Å². The highest BCUT2D eigenvalue weighted by molar-refractivity contribution is 8.14. The molecule has 0 fully saturated rings. The van der Waals surface area contributed by atoms with Crippen molar-refractivity contribution >= 4 is 28.7 Å². The van der Waals surface area contributed by atoms with Crippen molar-refractivity contribution in [3.63, 3.8) is 0 Å². The van der Waals surface area contributed by atoms with Crippen LogP contribution in [-0.2, 0) is 5.75 Å². The van der Waals surface area contributed by atoms with Crippen LogP contribution in [0, 0.1) is 5.41 Å². The topological polar surface area (TPSA) is 49.9 Å². The van der Waals surface area contributed by atoms with Crippen LogP contribution >= 0.6 is 23.5 Å². The Kier molecular flexibility index (Phi) is 3.53. The summed E-state index contributed by atoms with van der Waals surface area (Å²) in [5, 5.41) is 7.91. The monoisotopic (exact) mass is 286 g/mol. The zero-order valence-electron chi connectivity index (χ0n) is 10.3. The van der Waals surface area contributed by atoms with E-state index in [1.807, 2.05) is 11.8 Å². The Hall–Kier alpha value is -1.39. The summed E-state index contributed by atoms with van der Waals surface area (Å²) in [5.74, 6) is 0.974. The standard InChI is InChI=1S/C15H14N2S2/c16-15(17)19-14-11-6-2-1-5-10(11)9-18-13-8-4-3-7-12(13)14/h1-8,14H,9H2,(H3,16,17). The minimum Gasteiger partial charge on any atom is -0.379 e. The minimum absolute atomic E-state index is 0.125. The molecule has 2 aromatic rings. The van der Waals surface area contributed by atoms with Crippen molar-refractivity contribution in [3.05, 3.63) is 65.2 Å². The van der Waals surface area contributed by atoms with E-state index in [9.17, 15) is 0 Å². The number of fused-ring (bicyclic) bond motifs is 2. The molecule has 1 unspecified atom stereocenters. The Balaban J connectivity index is 2.16. The van der Waals surface area contributed by atoms with E-state index in [1.165, 1.54) is 33.3 Å². The summed E-state index contributed by atoms with van der Waals surface area (Å²) < 4.78 is 0. The first-order chi connectivity index (χ1) is 9.25. The van der Waals surface area contributed by atoms with E-state index in [1.54, 1.807) is 0 Å². The number of nitrogens with one attached hydrogen (secondary N) is 1. The van der Waals surface area contributed by atoms with Gasteiger partial charge in [-0.2, -0.15) is 0 Å². The van der Waals surface area contributed by atoms with Crippen LogP contribution in [0.4, 0.5) is 0 Å². The van der Waals surface area contributed by atoms with E-state index in [0.717, 1.165) is 5.75 Å². The quantitative estimate of drug-likeness (QED) is 0.615. The summed E-state index contributed by atoms with van der Waals surface area (Å²) in [7, 11) is 0. The van der Waals surface area contributed by atoms with Crippen molar-refractivity contribution in [1.82, 2.24) is 0 Å². The van der Waals surface area contributed by atoms with Gasteiger partial charge in [-0.05, 0) is 22.8 Å². The molecular weight excluding hydrogens is 272 g/mol. The van der Waals surface area contributed by atoms with E-state index in [2.05, 4.69) is 48.5 Å². The van der Waals surface area contributed by atoms with Crippen molar-refractivity contribution in [2.24, 2.45) is 5.73 Å². The average molecular weight is 286 g/mol. The number of hydrogen-bond donors (Lipinski definition) is 2. The highest BCUT2D eigenvalue weighted by Gasteiger charge is 2.24. The lowest BCUT2D eigenvalue weighted by molar-refractivity contribution is 1.09. The van der Waals surface area contributed by atoms with Crippen molar-refractivity contribution in [2.75, 3.05) is 0 Å². The molecule has 1 aliphatic heterocycles. The third kappa shape index (κ3) is 2.51. The molecule has 0 saturated carbocycles. The summed E-state index contributed by atoms with van der Waals surface area (Å²) in [5.41, 5.74) is 9.50. The van der Waals surface area contributed by atoms with E-state index in [4.69, 9.17) is 11.1 Å². The largest absolute Gasteiger partial charge is 0.379 e. The molecule has 1 aliphatic rings. The second kappa shape index (κ2) is 5.31. The van der Waals surface area contributed by atoms with Gasteiger partial charge in [-0.25, -0.2) is 0 Å². The first-order valence-corrected chi connectivity index (χ1v) is 7.92. The second-order valence-corrected chi connectivity index (χ2v) is 6.55. The van der Waals surface area contributed by atoms with Crippen molar-refractivity contribution in [2.45, 2.75) is 15.9 Å². The number of thioether (sulfide) groups is 2. The normalized spacial score (nSPS) is 17.2. The fraction of sp³-hybridized carbons (Fsp3) is 0.133. The number of hydrogen-bond acceptors (Lipinski definition) is 3. The summed E-state index contributed by atoms with van der Waals surface area (Å²) in [6, 6.07) is 16.9. The first kappa shape index (κ1) is 12.6. The molecule has 19 heavy (non-hydrogen) atoms. The summed E-state index contributed by atoms with van der Waals surface area (Å²) >= 11 is 3.28. The van der Waals surface area contributed by atoms with Gasteiger partial charge in [0.15, 0.2) is 5.17 Å². The molecular formula is C15H14N2S2. The molecule has 0 saturated heterocycles. The van der Waals surface area contributed by atoms with Gasteiger partial charge in [-0.15, -0.1) is 11.8 Å². The Morgan fingerprint density at radius 3 is 2.58 bits per heavy atom. The molecule has 2 nitrogen and oxygen atoms in total. The molecule has 0 bridgehead atoms. The summed E-state index contributed by atoms with van der Waals surface area (Å²) in [6.45, 7) is 0. The Labute approximate surface area is 121 Å². The van der Waals surface area contributed by atoms with Crippen LogP contribution < -0.4 is 5.73 Å². The predicted octanol–water partition coefficient (Wildman–Crippen LogP) is 4.01. The number of nitrogens with two attached hydrogens (primary N) is 1. The molecule has 0 aliphatic carbocycles. The minimum atomic E-state index is 0.125. The third-order valence-electron chi connectivity index (χ3n) is 3.17. The maximum atomic E-state index is 7.62. The maximum Gasteiger partial charge on any atom is 0.151 e. The molecule has 96 valence electrons. The van der Waals surface area contributed by atoms with Crippen LogP contribution in [0.15, 0.2) is 53.4 Å².